The van der Waals surface area contributed by atoms with Crippen LogP contribution in [0.15, 0.2) is 53.5 Å². The maximum absolute atomic E-state index is 14.2. The Morgan fingerprint density at radius 2 is 2.00 bits per heavy atom. The Labute approximate surface area is 168 Å². The maximum atomic E-state index is 14.2. The van der Waals surface area contributed by atoms with Crippen molar-refractivity contribution < 1.29 is 17.2 Å². The summed E-state index contributed by atoms with van der Waals surface area (Å²) in [4.78, 5) is 4.09. The van der Waals surface area contributed by atoms with E-state index in [0.29, 0.717) is 27.7 Å². The lowest BCUT2D eigenvalue weighted by Gasteiger charge is -2.12. The number of hydrogen-bond acceptors (Lipinski definition) is 4. The van der Waals surface area contributed by atoms with Crippen molar-refractivity contribution in [3.05, 3.63) is 60.1 Å². The van der Waals surface area contributed by atoms with E-state index in [0.717, 1.165) is 4.31 Å². The second-order valence-corrected chi connectivity index (χ2v) is 8.94. The fourth-order valence-electron chi connectivity index (χ4n) is 3.27. The lowest BCUT2D eigenvalue weighted by molar-refractivity contribution is 0.520. The molecule has 0 saturated heterocycles. The average molecular weight is 420 g/mol. The van der Waals surface area contributed by atoms with E-state index in [1.54, 1.807) is 17.6 Å². The van der Waals surface area contributed by atoms with Crippen LogP contribution in [0.2, 0.25) is 0 Å². The van der Waals surface area contributed by atoms with Crippen LogP contribution in [0.4, 0.5) is 8.78 Å². The first kappa shape index (κ1) is 21.1. The molecule has 0 unspecified atom stereocenters. The third kappa shape index (κ3) is 3.93. The molecule has 0 amide bonds. The Balaban J connectivity index is 2.27. The van der Waals surface area contributed by atoms with E-state index in [4.69, 9.17) is 5.73 Å². The van der Waals surface area contributed by atoms with Crippen LogP contribution < -0.4 is 5.73 Å². The molecule has 6 nitrogen and oxygen atoms in total. The van der Waals surface area contributed by atoms with Crippen molar-refractivity contribution >= 4 is 20.9 Å². The van der Waals surface area contributed by atoms with Gasteiger partial charge >= 0.3 is 0 Å². The number of allylic oxidation sites excluding steroid dienone is 1. The maximum Gasteiger partial charge on any atom is 0.244 e. The van der Waals surface area contributed by atoms with Gasteiger partial charge in [-0.05, 0) is 37.3 Å². The van der Waals surface area contributed by atoms with Crippen molar-refractivity contribution in [3.63, 3.8) is 0 Å². The minimum absolute atomic E-state index is 0.0194. The highest BCUT2D eigenvalue weighted by molar-refractivity contribution is 7.89. The molecule has 0 aliphatic rings. The van der Waals surface area contributed by atoms with Crippen molar-refractivity contribution in [2.75, 3.05) is 20.6 Å². The van der Waals surface area contributed by atoms with E-state index in [9.17, 15) is 17.2 Å². The number of rotatable bonds is 6. The van der Waals surface area contributed by atoms with Gasteiger partial charge in [0.05, 0.1) is 6.54 Å². The molecule has 3 rings (SSSR count). The minimum atomic E-state index is -3.69. The van der Waals surface area contributed by atoms with E-state index in [1.807, 2.05) is 0 Å². The van der Waals surface area contributed by atoms with Crippen LogP contribution in [0.1, 0.15) is 5.69 Å². The van der Waals surface area contributed by atoms with Crippen LogP contribution >= 0.6 is 0 Å². The number of fused-ring (bicyclic) bond motifs is 1. The predicted molar refractivity (Wildman–Crippen MR) is 109 cm³/mol. The summed E-state index contributed by atoms with van der Waals surface area (Å²) in [5.41, 5.74) is 7.78. The van der Waals surface area contributed by atoms with Gasteiger partial charge in [0.1, 0.15) is 16.5 Å². The van der Waals surface area contributed by atoms with E-state index in [-0.39, 0.29) is 18.0 Å². The first-order valence-electron chi connectivity index (χ1n) is 8.87. The summed E-state index contributed by atoms with van der Waals surface area (Å²) in [7, 11) is -0.831. The largest absolute Gasteiger partial charge is 0.337 e. The summed E-state index contributed by atoms with van der Waals surface area (Å²) in [5, 5.41) is 0.546. The van der Waals surface area contributed by atoms with Gasteiger partial charge < -0.3 is 10.3 Å². The quantitative estimate of drug-likeness (QED) is 0.664. The minimum Gasteiger partial charge on any atom is -0.337 e. The molecule has 29 heavy (non-hydrogen) atoms. The molecule has 3 aromatic rings. The summed E-state index contributed by atoms with van der Waals surface area (Å²) in [5.74, 6) is -0.857. The first-order chi connectivity index (χ1) is 13.7. The van der Waals surface area contributed by atoms with Gasteiger partial charge in [0.15, 0.2) is 0 Å². The molecule has 0 atom stereocenters. The topological polar surface area (TPSA) is 81.2 Å². The van der Waals surface area contributed by atoms with Gasteiger partial charge in [-0.1, -0.05) is 0 Å². The Morgan fingerprint density at radius 3 is 2.66 bits per heavy atom. The zero-order valence-corrected chi connectivity index (χ0v) is 17.2. The number of benzene rings is 1. The molecule has 0 radical (unpaired) electrons. The zero-order valence-electron chi connectivity index (χ0n) is 16.4. The molecule has 0 aliphatic carbocycles. The molecule has 0 spiro atoms. The lowest BCUT2D eigenvalue weighted by atomic mass is 10.0. The molecular formula is C20H22F2N4O2S. The molecule has 2 heterocycles. The highest BCUT2D eigenvalue weighted by Crippen LogP contribution is 2.36. The van der Waals surface area contributed by atoms with Crippen LogP contribution in [0.5, 0.6) is 0 Å². The van der Waals surface area contributed by atoms with Gasteiger partial charge in [0.25, 0.3) is 0 Å². The number of sulfonamides is 1. The fourth-order valence-corrected chi connectivity index (χ4v) is 4.17. The number of pyridine rings is 1. The van der Waals surface area contributed by atoms with Gasteiger partial charge in [-0.25, -0.2) is 21.5 Å². The number of nitrogens with zero attached hydrogens (tertiary/aromatic N) is 3. The Bertz CT molecular complexity index is 1200. The third-order valence-electron chi connectivity index (χ3n) is 4.71. The van der Waals surface area contributed by atoms with Crippen molar-refractivity contribution in [2.45, 2.75) is 18.4 Å². The summed E-state index contributed by atoms with van der Waals surface area (Å²) >= 11 is 0. The number of halogens is 2. The summed E-state index contributed by atoms with van der Waals surface area (Å²) < 4.78 is 56.0. The molecule has 2 aromatic heterocycles. The van der Waals surface area contributed by atoms with Gasteiger partial charge in [-0.15, -0.1) is 0 Å². The number of nitrogens with two attached hydrogens (primary N) is 1. The Morgan fingerprint density at radius 1 is 1.28 bits per heavy atom. The van der Waals surface area contributed by atoms with Gasteiger partial charge in [0, 0.05) is 60.8 Å². The van der Waals surface area contributed by atoms with Crippen LogP contribution in [-0.4, -0.2) is 42.9 Å². The molecule has 2 N–H and O–H groups in total. The monoisotopic (exact) mass is 420 g/mol. The lowest BCUT2D eigenvalue weighted by Crippen LogP contribution is -2.22. The van der Waals surface area contributed by atoms with E-state index in [2.05, 4.69) is 4.98 Å². The van der Waals surface area contributed by atoms with E-state index in [1.165, 1.54) is 50.8 Å². The van der Waals surface area contributed by atoms with Gasteiger partial charge in [-0.2, -0.15) is 0 Å². The van der Waals surface area contributed by atoms with E-state index >= 15 is 0 Å². The standard InChI is InChI=1S/C20H22F2N4O2S/c1-13-20(14-8-17(11-24-10-14)29(27,28)25(2)3)18-9-15(21)4-5-19(18)26(13)12-16(22)6-7-23/h4-6,8-11H,7,12,23H2,1-3H3. The van der Waals surface area contributed by atoms with Crippen LogP contribution in [0.25, 0.3) is 22.0 Å². The summed E-state index contributed by atoms with van der Waals surface area (Å²) in [6.45, 7) is 1.78. The second kappa shape index (κ2) is 8.02. The molecule has 0 aliphatic heterocycles. The van der Waals surface area contributed by atoms with Gasteiger partial charge in [-0.3, -0.25) is 4.98 Å². The van der Waals surface area contributed by atoms with Gasteiger partial charge in [0.2, 0.25) is 10.0 Å². The first-order valence-corrected chi connectivity index (χ1v) is 10.3. The highest BCUT2D eigenvalue weighted by Gasteiger charge is 2.21. The van der Waals surface area contributed by atoms with E-state index < -0.39 is 21.7 Å². The zero-order chi connectivity index (χ0) is 21.3. The number of aromatic nitrogens is 2. The Kier molecular flexibility index (Phi) is 5.83. The van der Waals surface area contributed by atoms with Crippen molar-refractivity contribution in [3.8, 4) is 11.1 Å². The SMILES string of the molecule is Cc1c(-c2cncc(S(=O)(=O)N(C)C)c2)c2cc(F)ccc2n1CC(F)=CCN. The van der Waals surface area contributed by atoms with Crippen molar-refractivity contribution in [1.29, 1.82) is 0 Å². The molecule has 9 heteroatoms. The fraction of sp³-hybridized carbons (Fsp3) is 0.250. The van der Waals surface area contributed by atoms with Crippen molar-refractivity contribution in [2.24, 2.45) is 5.73 Å². The third-order valence-corrected chi connectivity index (χ3v) is 6.49. The van der Waals surface area contributed by atoms with Crippen LogP contribution in [0, 0.1) is 12.7 Å². The molecule has 0 bridgehead atoms. The molecule has 1 aromatic carbocycles. The Hall–Kier alpha value is -2.62. The second-order valence-electron chi connectivity index (χ2n) is 6.79. The smallest absolute Gasteiger partial charge is 0.244 e. The molecule has 0 saturated carbocycles. The van der Waals surface area contributed by atoms with Crippen LogP contribution in [-0.2, 0) is 16.6 Å². The average Bonchev–Trinajstić information content (AvgIpc) is 2.92. The molecular weight excluding hydrogens is 398 g/mol. The molecule has 154 valence electrons. The predicted octanol–water partition coefficient (Wildman–Crippen LogP) is 3.21. The number of hydrogen-bond donors (Lipinski definition) is 1. The van der Waals surface area contributed by atoms with Crippen molar-refractivity contribution in [1.82, 2.24) is 13.9 Å². The summed E-state index contributed by atoms with van der Waals surface area (Å²) in [6, 6.07) is 5.72. The highest BCUT2D eigenvalue weighted by atomic mass is 32.2. The van der Waals surface area contributed by atoms with Crippen LogP contribution in [0.3, 0.4) is 0 Å². The normalized spacial score (nSPS) is 12.9. The summed E-state index contributed by atoms with van der Waals surface area (Å²) in [6.07, 6.45) is 4.05. The molecule has 0 fully saturated rings.